The zero-order valence-electron chi connectivity index (χ0n) is 15.5. The lowest BCUT2D eigenvalue weighted by Gasteiger charge is -2.21. The van der Waals surface area contributed by atoms with Gasteiger partial charge in [-0.3, -0.25) is 9.67 Å². The third kappa shape index (κ3) is 4.50. The zero-order chi connectivity index (χ0) is 18.4. The van der Waals surface area contributed by atoms with E-state index in [-0.39, 0.29) is 0 Å². The maximum atomic E-state index is 4.48. The smallest absolute Gasteiger partial charge is 0.194 e. The molecule has 3 rings (SSSR count). The van der Waals surface area contributed by atoms with Gasteiger partial charge in [-0.15, -0.1) is 0 Å². The molecule has 0 saturated carbocycles. The van der Waals surface area contributed by atoms with Crippen molar-refractivity contribution in [1.82, 2.24) is 29.5 Å². The molecule has 26 heavy (non-hydrogen) atoms. The first kappa shape index (κ1) is 17.7. The first-order chi connectivity index (χ1) is 12.7. The number of nitrogens with zero attached hydrogens (tertiary/aromatic N) is 6. The zero-order valence-corrected chi connectivity index (χ0v) is 15.5. The predicted molar refractivity (Wildman–Crippen MR) is 103 cm³/mol. The number of imidazole rings is 1. The molecule has 0 aliphatic rings. The third-order valence-corrected chi connectivity index (χ3v) is 4.15. The van der Waals surface area contributed by atoms with Crippen molar-refractivity contribution in [3.05, 3.63) is 72.1 Å². The van der Waals surface area contributed by atoms with Gasteiger partial charge in [0, 0.05) is 58.4 Å². The summed E-state index contributed by atoms with van der Waals surface area (Å²) in [5.74, 6) is 1.80. The first-order valence-corrected chi connectivity index (χ1v) is 8.59. The van der Waals surface area contributed by atoms with Crippen LogP contribution >= 0.6 is 0 Å². The van der Waals surface area contributed by atoms with Crippen molar-refractivity contribution in [2.75, 3.05) is 14.1 Å². The fourth-order valence-electron chi connectivity index (χ4n) is 2.88. The molecule has 0 radical (unpaired) electrons. The molecule has 0 amide bonds. The second kappa shape index (κ2) is 8.33. The van der Waals surface area contributed by atoms with Crippen LogP contribution in [0.4, 0.5) is 0 Å². The van der Waals surface area contributed by atoms with E-state index in [9.17, 15) is 0 Å². The van der Waals surface area contributed by atoms with Crippen LogP contribution in [-0.2, 0) is 26.7 Å². The number of aryl methyl sites for hydroxylation is 1. The van der Waals surface area contributed by atoms with E-state index in [4.69, 9.17) is 0 Å². The molecule has 1 aromatic carbocycles. The van der Waals surface area contributed by atoms with Gasteiger partial charge in [-0.05, 0) is 5.56 Å². The molecule has 0 fully saturated rings. The Hall–Kier alpha value is -3.09. The molecule has 2 aromatic heterocycles. The van der Waals surface area contributed by atoms with E-state index in [0.29, 0.717) is 6.54 Å². The van der Waals surface area contributed by atoms with Gasteiger partial charge in [0.05, 0.1) is 12.7 Å². The summed E-state index contributed by atoms with van der Waals surface area (Å²) in [5.41, 5.74) is 2.40. The van der Waals surface area contributed by atoms with Gasteiger partial charge in [-0.1, -0.05) is 30.3 Å². The minimum atomic E-state index is 0.615. The third-order valence-electron chi connectivity index (χ3n) is 4.15. The molecule has 0 aliphatic heterocycles. The van der Waals surface area contributed by atoms with Crippen molar-refractivity contribution in [3.8, 4) is 0 Å². The highest BCUT2D eigenvalue weighted by atomic mass is 15.3. The maximum absolute atomic E-state index is 4.48. The quantitative estimate of drug-likeness (QED) is 0.544. The second-order valence-electron chi connectivity index (χ2n) is 6.24. The molecule has 2 heterocycles. The van der Waals surface area contributed by atoms with Crippen LogP contribution in [0.15, 0.2) is 60.1 Å². The SMILES string of the molecule is CN=C(NCc1nccn1Cc1ccccc1)N(C)Cc1cnn(C)c1. The highest BCUT2D eigenvalue weighted by Crippen LogP contribution is 2.06. The van der Waals surface area contributed by atoms with Gasteiger partial charge in [-0.25, -0.2) is 4.98 Å². The summed E-state index contributed by atoms with van der Waals surface area (Å²) in [6.45, 7) is 2.16. The van der Waals surface area contributed by atoms with Crippen LogP contribution in [0.3, 0.4) is 0 Å². The molecule has 0 spiro atoms. The lowest BCUT2D eigenvalue weighted by Crippen LogP contribution is -2.38. The normalized spacial score (nSPS) is 11.6. The molecule has 7 nitrogen and oxygen atoms in total. The van der Waals surface area contributed by atoms with Gasteiger partial charge in [0.2, 0.25) is 0 Å². The molecule has 7 heteroatoms. The number of aromatic nitrogens is 4. The molecule has 1 N–H and O–H groups in total. The monoisotopic (exact) mass is 351 g/mol. The molecule has 0 bridgehead atoms. The van der Waals surface area contributed by atoms with E-state index in [0.717, 1.165) is 30.4 Å². The van der Waals surface area contributed by atoms with Crippen LogP contribution in [0.25, 0.3) is 0 Å². The lowest BCUT2D eigenvalue weighted by atomic mass is 10.2. The van der Waals surface area contributed by atoms with Gasteiger partial charge in [0.15, 0.2) is 5.96 Å². The number of aliphatic imine (C=N–C) groups is 1. The lowest BCUT2D eigenvalue weighted by molar-refractivity contribution is 0.474. The van der Waals surface area contributed by atoms with Crippen molar-refractivity contribution in [3.63, 3.8) is 0 Å². The van der Waals surface area contributed by atoms with Crippen molar-refractivity contribution < 1.29 is 0 Å². The Kier molecular flexibility index (Phi) is 5.68. The topological polar surface area (TPSA) is 63.3 Å². The molecule has 0 saturated heterocycles. The van der Waals surface area contributed by atoms with Crippen LogP contribution in [-0.4, -0.2) is 44.3 Å². The highest BCUT2D eigenvalue weighted by molar-refractivity contribution is 5.79. The molecule has 0 aliphatic carbocycles. The minimum absolute atomic E-state index is 0.615. The van der Waals surface area contributed by atoms with Crippen LogP contribution < -0.4 is 5.32 Å². The van der Waals surface area contributed by atoms with E-state index in [1.165, 1.54) is 5.56 Å². The summed E-state index contributed by atoms with van der Waals surface area (Å²) in [7, 11) is 5.72. The van der Waals surface area contributed by atoms with Crippen LogP contribution in [0.1, 0.15) is 17.0 Å². The fraction of sp³-hybridized carbons (Fsp3) is 0.316. The van der Waals surface area contributed by atoms with Gasteiger partial charge in [-0.2, -0.15) is 5.10 Å². The first-order valence-electron chi connectivity index (χ1n) is 8.59. The van der Waals surface area contributed by atoms with E-state index >= 15 is 0 Å². The number of rotatable bonds is 6. The molecular weight excluding hydrogens is 326 g/mol. The van der Waals surface area contributed by atoms with Crippen molar-refractivity contribution in [2.45, 2.75) is 19.6 Å². The molecule has 0 atom stereocenters. The van der Waals surface area contributed by atoms with Crippen molar-refractivity contribution >= 4 is 5.96 Å². The standard InChI is InChI=1S/C19H25N7/c1-20-19(24(2)13-17-11-23-25(3)14-17)22-12-18-21-9-10-26(18)15-16-7-5-4-6-8-16/h4-11,14H,12-13,15H2,1-3H3,(H,20,22). The summed E-state index contributed by atoms with van der Waals surface area (Å²) < 4.78 is 3.95. The summed E-state index contributed by atoms with van der Waals surface area (Å²) in [4.78, 5) is 10.9. The molecule has 0 unspecified atom stereocenters. The Morgan fingerprint density at radius 3 is 2.73 bits per heavy atom. The summed E-state index contributed by atoms with van der Waals surface area (Å²) in [5, 5.41) is 7.60. The van der Waals surface area contributed by atoms with Gasteiger partial charge >= 0.3 is 0 Å². The number of nitrogens with one attached hydrogen (secondary N) is 1. The highest BCUT2D eigenvalue weighted by Gasteiger charge is 2.10. The van der Waals surface area contributed by atoms with Crippen LogP contribution in [0.5, 0.6) is 0 Å². The van der Waals surface area contributed by atoms with Gasteiger partial charge in [0.1, 0.15) is 5.82 Å². The Labute approximate surface area is 154 Å². The Bertz CT molecular complexity index is 848. The van der Waals surface area contributed by atoms with E-state index in [1.807, 2.05) is 44.9 Å². The van der Waals surface area contributed by atoms with Crippen LogP contribution in [0, 0.1) is 0 Å². The largest absolute Gasteiger partial charge is 0.349 e. The predicted octanol–water partition coefficient (Wildman–Crippen LogP) is 1.87. The number of hydrogen-bond acceptors (Lipinski definition) is 3. The number of benzene rings is 1. The average Bonchev–Trinajstić information content (AvgIpc) is 3.25. The van der Waals surface area contributed by atoms with E-state index in [1.54, 1.807) is 11.7 Å². The summed E-state index contributed by atoms with van der Waals surface area (Å²) >= 11 is 0. The maximum Gasteiger partial charge on any atom is 0.194 e. The number of guanidine groups is 1. The van der Waals surface area contributed by atoms with Crippen LogP contribution in [0.2, 0.25) is 0 Å². The summed E-state index contributed by atoms with van der Waals surface area (Å²) in [6, 6.07) is 10.4. The Morgan fingerprint density at radius 1 is 1.23 bits per heavy atom. The average molecular weight is 351 g/mol. The van der Waals surface area contributed by atoms with Gasteiger partial charge in [0.25, 0.3) is 0 Å². The van der Waals surface area contributed by atoms with Crippen molar-refractivity contribution in [1.29, 1.82) is 0 Å². The second-order valence-corrected chi connectivity index (χ2v) is 6.24. The fourth-order valence-corrected chi connectivity index (χ4v) is 2.88. The number of hydrogen-bond donors (Lipinski definition) is 1. The van der Waals surface area contributed by atoms with Crippen molar-refractivity contribution in [2.24, 2.45) is 12.0 Å². The van der Waals surface area contributed by atoms with Gasteiger partial charge < -0.3 is 14.8 Å². The summed E-state index contributed by atoms with van der Waals surface area (Å²) in [6.07, 6.45) is 7.72. The Morgan fingerprint density at radius 2 is 2.04 bits per heavy atom. The Balaban J connectivity index is 1.60. The minimum Gasteiger partial charge on any atom is -0.349 e. The van der Waals surface area contributed by atoms with E-state index in [2.05, 4.69) is 54.1 Å². The van der Waals surface area contributed by atoms with E-state index < -0.39 is 0 Å². The molecular formula is C19H25N7. The molecule has 136 valence electrons. The molecule has 3 aromatic rings.